The number of para-hydroxylation sites is 4. The third-order valence-electron chi connectivity index (χ3n) is 8.01. The first kappa shape index (κ1) is 20.7. The van der Waals surface area contributed by atoms with Crippen LogP contribution in [-0.4, -0.2) is 4.57 Å². The van der Waals surface area contributed by atoms with Crippen LogP contribution < -0.4 is 0 Å². The van der Waals surface area contributed by atoms with E-state index in [4.69, 9.17) is 8.83 Å². The Labute approximate surface area is 223 Å². The van der Waals surface area contributed by atoms with Crippen LogP contribution in [0.15, 0.2) is 136 Å². The summed E-state index contributed by atoms with van der Waals surface area (Å²) in [4.78, 5) is 0. The van der Waals surface area contributed by atoms with Gasteiger partial charge in [-0.3, -0.25) is 0 Å². The molecule has 0 aliphatic heterocycles. The van der Waals surface area contributed by atoms with Crippen molar-refractivity contribution in [3.63, 3.8) is 0 Å². The van der Waals surface area contributed by atoms with Gasteiger partial charge in [0.1, 0.15) is 22.3 Å². The van der Waals surface area contributed by atoms with Crippen LogP contribution in [0.2, 0.25) is 0 Å². The van der Waals surface area contributed by atoms with E-state index in [2.05, 4.69) is 108 Å². The van der Waals surface area contributed by atoms with Crippen molar-refractivity contribution >= 4 is 65.7 Å². The number of rotatable bonds is 2. The highest BCUT2D eigenvalue weighted by molar-refractivity contribution is 6.17. The van der Waals surface area contributed by atoms with E-state index < -0.39 is 0 Å². The van der Waals surface area contributed by atoms with Crippen LogP contribution in [0, 0.1) is 0 Å². The van der Waals surface area contributed by atoms with Crippen molar-refractivity contribution in [1.82, 2.24) is 4.57 Å². The molecular weight excluding hydrogens is 478 g/mol. The predicted molar refractivity (Wildman–Crippen MR) is 161 cm³/mol. The molecule has 0 radical (unpaired) electrons. The Kier molecular flexibility index (Phi) is 4.05. The van der Waals surface area contributed by atoms with Gasteiger partial charge in [0.05, 0.1) is 11.0 Å². The molecule has 3 aromatic heterocycles. The summed E-state index contributed by atoms with van der Waals surface area (Å²) in [7, 11) is 0. The second-order valence-electron chi connectivity index (χ2n) is 10.1. The van der Waals surface area contributed by atoms with Crippen molar-refractivity contribution in [2.45, 2.75) is 0 Å². The number of fused-ring (bicyclic) bond motifs is 9. The molecule has 182 valence electrons. The molecule has 0 aliphatic rings. The van der Waals surface area contributed by atoms with Gasteiger partial charge in [0.15, 0.2) is 0 Å². The van der Waals surface area contributed by atoms with E-state index in [1.807, 2.05) is 24.3 Å². The largest absolute Gasteiger partial charge is 0.456 e. The topological polar surface area (TPSA) is 31.2 Å². The molecule has 6 aromatic carbocycles. The molecule has 0 saturated carbocycles. The minimum atomic E-state index is 0.917. The average Bonchev–Trinajstić information content (AvgIpc) is 3.65. The first-order valence-electron chi connectivity index (χ1n) is 13.2. The number of furan rings is 2. The minimum Gasteiger partial charge on any atom is -0.456 e. The summed E-state index contributed by atoms with van der Waals surface area (Å²) in [6, 6.07) is 44.8. The van der Waals surface area contributed by atoms with Gasteiger partial charge in [0.25, 0.3) is 0 Å². The van der Waals surface area contributed by atoms with Crippen molar-refractivity contribution in [3.8, 4) is 16.8 Å². The molecule has 0 aliphatic carbocycles. The van der Waals surface area contributed by atoms with Crippen LogP contribution in [0.5, 0.6) is 0 Å². The van der Waals surface area contributed by atoms with Crippen LogP contribution in [0.25, 0.3) is 82.5 Å². The second kappa shape index (κ2) is 7.62. The Morgan fingerprint density at radius 1 is 0.410 bits per heavy atom. The molecule has 0 N–H and O–H groups in total. The minimum absolute atomic E-state index is 0.917. The summed E-state index contributed by atoms with van der Waals surface area (Å²) in [5.41, 5.74) is 9.38. The Morgan fingerprint density at radius 3 is 1.90 bits per heavy atom. The smallest absolute Gasteiger partial charge is 0.143 e. The second-order valence-corrected chi connectivity index (χ2v) is 10.1. The lowest BCUT2D eigenvalue weighted by molar-refractivity contribution is 0.669. The van der Waals surface area contributed by atoms with Gasteiger partial charge < -0.3 is 13.4 Å². The van der Waals surface area contributed by atoms with Crippen LogP contribution >= 0.6 is 0 Å². The Morgan fingerprint density at radius 2 is 1.08 bits per heavy atom. The van der Waals surface area contributed by atoms with E-state index in [-0.39, 0.29) is 0 Å². The maximum atomic E-state index is 6.31. The van der Waals surface area contributed by atoms with E-state index in [0.29, 0.717) is 0 Å². The first-order valence-corrected chi connectivity index (χ1v) is 13.2. The average molecular weight is 500 g/mol. The molecule has 9 aromatic rings. The highest BCUT2D eigenvalue weighted by atomic mass is 16.3. The molecule has 0 bridgehead atoms. The summed E-state index contributed by atoms with van der Waals surface area (Å²) in [6.07, 6.45) is 0. The summed E-state index contributed by atoms with van der Waals surface area (Å²) in [5.74, 6) is 0. The monoisotopic (exact) mass is 499 g/mol. The number of hydrogen-bond donors (Lipinski definition) is 0. The normalized spacial score (nSPS) is 12.1. The van der Waals surface area contributed by atoms with Gasteiger partial charge in [0, 0.05) is 43.6 Å². The molecule has 0 amide bonds. The molecule has 0 fully saturated rings. The number of nitrogens with zero attached hydrogens (tertiary/aromatic N) is 1. The number of hydrogen-bond acceptors (Lipinski definition) is 2. The third kappa shape index (κ3) is 2.87. The molecule has 0 unspecified atom stereocenters. The molecule has 0 saturated heterocycles. The molecule has 3 nitrogen and oxygen atoms in total. The van der Waals surface area contributed by atoms with Gasteiger partial charge in [-0.2, -0.15) is 0 Å². The van der Waals surface area contributed by atoms with Crippen LogP contribution in [-0.2, 0) is 0 Å². The highest BCUT2D eigenvalue weighted by Crippen LogP contribution is 2.39. The van der Waals surface area contributed by atoms with E-state index in [1.54, 1.807) is 0 Å². The Bertz CT molecular complexity index is 2380. The molecule has 0 atom stereocenters. The van der Waals surface area contributed by atoms with E-state index in [0.717, 1.165) is 60.7 Å². The highest BCUT2D eigenvalue weighted by Gasteiger charge is 2.17. The molecular formula is C36H21NO2. The zero-order valence-electron chi connectivity index (χ0n) is 20.9. The SMILES string of the molecule is c1ccc2c(c1)oc1cc3c4ccccc4n(-c4ccc(-c5cccc6c5oc5ccccc56)cc4)c3cc12. The Hall–Kier alpha value is -5.28. The molecule has 39 heavy (non-hydrogen) atoms. The lowest BCUT2D eigenvalue weighted by atomic mass is 10.0. The third-order valence-corrected chi connectivity index (χ3v) is 8.01. The summed E-state index contributed by atoms with van der Waals surface area (Å²) < 4.78 is 14.9. The van der Waals surface area contributed by atoms with Crippen LogP contribution in [0.4, 0.5) is 0 Å². The van der Waals surface area contributed by atoms with Gasteiger partial charge in [-0.1, -0.05) is 84.9 Å². The van der Waals surface area contributed by atoms with Crippen molar-refractivity contribution < 1.29 is 8.83 Å². The lowest BCUT2D eigenvalue weighted by Crippen LogP contribution is -1.93. The summed E-state index contributed by atoms with van der Waals surface area (Å²) in [5, 5.41) is 6.97. The fraction of sp³-hybridized carbons (Fsp3) is 0. The molecule has 3 heterocycles. The first-order chi connectivity index (χ1) is 19.3. The Balaban J connectivity index is 1.27. The van der Waals surface area contributed by atoms with Gasteiger partial charge >= 0.3 is 0 Å². The van der Waals surface area contributed by atoms with Gasteiger partial charge in [-0.15, -0.1) is 0 Å². The van der Waals surface area contributed by atoms with Crippen LogP contribution in [0.1, 0.15) is 0 Å². The zero-order chi connectivity index (χ0) is 25.5. The maximum absolute atomic E-state index is 6.31. The van der Waals surface area contributed by atoms with Crippen molar-refractivity contribution in [2.24, 2.45) is 0 Å². The van der Waals surface area contributed by atoms with Gasteiger partial charge in [0.2, 0.25) is 0 Å². The number of benzene rings is 6. The van der Waals surface area contributed by atoms with Gasteiger partial charge in [-0.05, 0) is 48.0 Å². The predicted octanol–water partition coefficient (Wildman–Crippen LogP) is 10.2. The van der Waals surface area contributed by atoms with Crippen molar-refractivity contribution in [1.29, 1.82) is 0 Å². The molecule has 0 spiro atoms. The van der Waals surface area contributed by atoms with Crippen molar-refractivity contribution in [2.75, 3.05) is 0 Å². The molecule has 3 heteroatoms. The van der Waals surface area contributed by atoms with E-state index in [9.17, 15) is 0 Å². The fourth-order valence-electron chi connectivity index (χ4n) is 6.23. The summed E-state index contributed by atoms with van der Waals surface area (Å²) in [6.45, 7) is 0. The van der Waals surface area contributed by atoms with E-state index in [1.165, 1.54) is 21.8 Å². The quantitative estimate of drug-likeness (QED) is 0.237. The summed E-state index contributed by atoms with van der Waals surface area (Å²) >= 11 is 0. The zero-order valence-corrected chi connectivity index (χ0v) is 20.9. The maximum Gasteiger partial charge on any atom is 0.143 e. The number of aromatic nitrogens is 1. The lowest BCUT2D eigenvalue weighted by Gasteiger charge is -2.10. The van der Waals surface area contributed by atoms with E-state index >= 15 is 0 Å². The fourth-order valence-corrected chi connectivity index (χ4v) is 6.23. The van der Waals surface area contributed by atoms with Crippen molar-refractivity contribution in [3.05, 3.63) is 127 Å². The van der Waals surface area contributed by atoms with Crippen LogP contribution in [0.3, 0.4) is 0 Å². The molecule has 9 rings (SSSR count). The van der Waals surface area contributed by atoms with Gasteiger partial charge in [-0.25, -0.2) is 0 Å². The standard InChI is InChI=1S/C36H21NO2/c1-4-13-31-25(8-1)29-21-35-30(27-10-3-5-14-33(27)38-35)20-32(29)37(31)23-18-16-22(17-19-23)24-11-7-12-28-26-9-2-6-15-34(26)39-36(24)28/h1-21H.